The molecule has 0 spiro atoms. The zero-order valence-electron chi connectivity index (χ0n) is 11.8. The molecule has 1 saturated heterocycles. The highest BCUT2D eigenvalue weighted by Gasteiger charge is 2.54. The van der Waals surface area contributed by atoms with Gasteiger partial charge < -0.3 is 5.11 Å². The van der Waals surface area contributed by atoms with E-state index in [1.807, 2.05) is 0 Å². The van der Waals surface area contributed by atoms with Crippen LogP contribution in [0.15, 0.2) is 35.7 Å². The first kappa shape index (κ1) is 17.5. The molecule has 0 unspecified atom stereocenters. The molecule has 9 heteroatoms. The van der Waals surface area contributed by atoms with Gasteiger partial charge in [0.25, 0.3) is 0 Å². The van der Waals surface area contributed by atoms with Crippen molar-refractivity contribution in [2.45, 2.75) is 11.1 Å². The third-order valence-corrected chi connectivity index (χ3v) is 5.62. The Labute approximate surface area is 131 Å². The number of sulfonamides is 1. The number of halogens is 3. The number of carbonyl (C=O) groups is 1. The lowest BCUT2D eigenvalue weighted by Crippen LogP contribution is -2.34. The van der Waals surface area contributed by atoms with E-state index in [4.69, 9.17) is 5.11 Å². The molecule has 0 amide bonds. The molecule has 1 aromatic rings. The fourth-order valence-corrected chi connectivity index (χ4v) is 3.96. The smallest absolute Gasteiger partial charge is 0.393 e. The number of hydrogen-bond acceptors (Lipinski definition) is 3. The highest BCUT2D eigenvalue weighted by molar-refractivity contribution is 7.89. The fraction of sp³-hybridized carbons (Fsp3) is 0.357. The van der Waals surface area contributed by atoms with Gasteiger partial charge in [0, 0.05) is 13.1 Å². The molecule has 0 bridgehead atoms. The summed E-state index contributed by atoms with van der Waals surface area (Å²) in [5.41, 5.74) is 0.655. The predicted molar refractivity (Wildman–Crippen MR) is 76.0 cm³/mol. The molecule has 0 aliphatic carbocycles. The lowest BCUT2D eigenvalue weighted by atomic mass is 9.96. The number of hydrogen-bond donors (Lipinski definition) is 1. The maximum Gasteiger partial charge on any atom is 0.393 e. The van der Waals surface area contributed by atoms with Crippen molar-refractivity contribution in [3.8, 4) is 0 Å². The molecule has 2 rings (SSSR count). The first-order valence-electron chi connectivity index (χ1n) is 6.59. The van der Waals surface area contributed by atoms with Gasteiger partial charge >= 0.3 is 12.1 Å². The summed E-state index contributed by atoms with van der Waals surface area (Å²) in [5.74, 6) is -5.69. The summed E-state index contributed by atoms with van der Waals surface area (Å²) in [6.07, 6.45) is -3.29. The maximum absolute atomic E-state index is 12.9. The van der Waals surface area contributed by atoms with E-state index < -0.39 is 47.1 Å². The van der Waals surface area contributed by atoms with Gasteiger partial charge in [0.2, 0.25) is 10.0 Å². The Morgan fingerprint density at radius 1 is 1.26 bits per heavy atom. The molecule has 1 aliphatic heterocycles. The van der Waals surface area contributed by atoms with E-state index in [0.717, 1.165) is 0 Å². The molecule has 0 saturated carbocycles. The van der Waals surface area contributed by atoms with E-state index in [0.29, 0.717) is 9.87 Å². The minimum absolute atomic E-state index is 0.185. The zero-order valence-corrected chi connectivity index (χ0v) is 12.6. The largest absolute Gasteiger partial charge is 0.481 e. The molecule has 1 aromatic carbocycles. The summed E-state index contributed by atoms with van der Waals surface area (Å²) in [4.78, 5) is 10.8. The van der Waals surface area contributed by atoms with E-state index in [9.17, 15) is 26.4 Å². The van der Waals surface area contributed by atoms with Crippen molar-refractivity contribution in [1.29, 1.82) is 0 Å². The fourth-order valence-electron chi connectivity index (χ4n) is 2.47. The SMILES string of the molecule is C=Cc1ccc(S(=O)(=O)N2C[C@@H](C(F)(F)F)[C@H](C(=O)O)C2)cc1. The van der Waals surface area contributed by atoms with Crippen LogP contribution in [0.25, 0.3) is 6.08 Å². The highest BCUT2D eigenvalue weighted by atomic mass is 32.2. The summed E-state index contributed by atoms with van der Waals surface area (Å²) >= 11 is 0. The van der Waals surface area contributed by atoms with Crippen LogP contribution in [0.3, 0.4) is 0 Å². The Kier molecular flexibility index (Phi) is 4.54. The molecule has 1 aliphatic rings. The number of carboxylic acid groups (broad SMARTS) is 1. The van der Waals surface area contributed by atoms with Crippen molar-refractivity contribution < 1.29 is 31.5 Å². The molecule has 1 heterocycles. The van der Waals surface area contributed by atoms with Gasteiger partial charge in [-0.2, -0.15) is 17.5 Å². The minimum atomic E-state index is -4.78. The maximum atomic E-state index is 12.9. The average molecular weight is 349 g/mol. The number of carboxylic acids is 1. The molecule has 0 radical (unpaired) electrons. The van der Waals surface area contributed by atoms with Crippen LogP contribution in [0.4, 0.5) is 13.2 Å². The van der Waals surface area contributed by atoms with Crippen molar-refractivity contribution in [3.63, 3.8) is 0 Å². The van der Waals surface area contributed by atoms with Gasteiger partial charge in [0.05, 0.1) is 16.7 Å². The van der Waals surface area contributed by atoms with Crippen molar-refractivity contribution >= 4 is 22.1 Å². The molecular formula is C14H14F3NO4S. The predicted octanol–water partition coefficient (Wildman–Crippen LogP) is 2.21. The summed E-state index contributed by atoms with van der Waals surface area (Å²) in [6.45, 7) is 1.92. The lowest BCUT2D eigenvalue weighted by Gasteiger charge is -2.18. The molecular weight excluding hydrogens is 335 g/mol. The Morgan fingerprint density at radius 3 is 2.22 bits per heavy atom. The Balaban J connectivity index is 2.33. The van der Waals surface area contributed by atoms with Crippen LogP contribution < -0.4 is 0 Å². The van der Waals surface area contributed by atoms with Crippen LogP contribution in [0.5, 0.6) is 0 Å². The molecule has 2 atom stereocenters. The number of aliphatic carboxylic acids is 1. The highest BCUT2D eigenvalue weighted by Crippen LogP contribution is 2.39. The monoisotopic (exact) mass is 349 g/mol. The van der Waals surface area contributed by atoms with Crippen LogP contribution in [0.1, 0.15) is 5.56 Å². The number of rotatable bonds is 4. The first-order valence-corrected chi connectivity index (χ1v) is 8.03. The second-order valence-corrected chi connectivity index (χ2v) is 7.13. The summed E-state index contributed by atoms with van der Waals surface area (Å²) in [6, 6.07) is 5.43. The lowest BCUT2D eigenvalue weighted by molar-refractivity contribution is -0.187. The second-order valence-electron chi connectivity index (χ2n) is 5.19. The third-order valence-electron chi connectivity index (χ3n) is 3.78. The quantitative estimate of drug-likeness (QED) is 0.904. The summed E-state index contributed by atoms with van der Waals surface area (Å²) < 4.78 is 64.2. The van der Waals surface area contributed by atoms with Gasteiger partial charge in [0.1, 0.15) is 0 Å². The van der Waals surface area contributed by atoms with Gasteiger partial charge in [-0.25, -0.2) is 8.42 Å². The van der Waals surface area contributed by atoms with Crippen LogP contribution in [-0.2, 0) is 14.8 Å². The van der Waals surface area contributed by atoms with E-state index in [-0.39, 0.29) is 4.90 Å². The van der Waals surface area contributed by atoms with E-state index >= 15 is 0 Å². The molecule has 23 heavy (non-hydrogen) atoms. The van der Waals surface area contributed by atoms with Gasteiger partial charge in [-0.1, -0.05) is 24.8 Å². The zero-order chi connectivity index (χ0) is 17.4. The molecule has 5 nitrogen and oxygen atoms in total. The summed E-state index contributed by atoms with van der Waals surface area (Å²) in [7, 11) is -4.19. The third kappa shape index (κ3) is 3.40. The molecule has 1 N–H and O–H groups in total. The molecule has 1 fully saturated rings. The van der Waals surface area contributed by atoms with Gasteiger partial charge in [-0.05, 0) is 17.7 Å². The van der Waals surface area contributed by atoms with E-state index in [1.54, 1.807) is 0 Å². The van der Waals surface area contributed by atoms with E-state index in [2.05, 4.69) is 6.58 Å². The number of nitrogens with zero attached hydrogens (tertiary/aromatic N) is 1. The van der Waals surface area contributed by atoms with Crippen LogP contribution in [0, 0.1) is 11.8 Å². The van der Waals surface area contributed by atoms with Gasteiger partial charge in [-0.3, -0.25) is 4.79 Å². The topological polar surface area (TPSA) is 74.7 Å². The van der Waals surface area contributed by atoms with Crippen molar-refractivity contribution in [2.24, 2.45) is 11.8 Å². The number of benzene rings is 1. The Morgan fingerprint density at radius 2 is 1.83 bits per heavy atom. The van der Waals surface area contributed by atoms with E-state index in [1.165, 1.54) is 30.3 Å². The Bertz CT molecular complexity index is 713. The van der Waals surface area contributed by atoms with Crippen LogP contribution in [-0.4, -0.2) is 43.1 Å². The van der Waals surface area contributed by atoms with Crippen LogP contribution >= 0.6 is 0 Å². The standard InChI is InChI=1S/C14H14F3NO4S/c1-2-9-3-5-10(6-4-9)23(21,22)18-7-11(13(19)20)12(8-18)14(15,16)17/h2-6,11-12H,1,7-8H2,(H,19,20)/t11-,12-/m1/s1. The van der Waals surface area contributed by atoms with Crippen molar-refractivity contribution in [1.82, 2.24) is 4.31 Å². The minimum Gasteiger partial charge on any atom is -0.481 e. The molecule has 126 valence electrons. The van der Waals surface area contributed by atoms with Gasteiger partial charge in [-0.15, -0.1) is 0 Å². The summed E-state index contributed by atoms with van der Waals surface area (Å²) in [5, 5.41) is 8.94. The van der Waals surface area contributed by atoms with Crippen LogP contribution in [0.2, 0.25) is 0 Å². The molecule has 0 aromatic heterocycles. The van der Waals surface area contributed by atoms with Gasteiger partial charge in [0.15, 0.2) is 0 Å². The second kappa shape index (κ2) is 5.97. The van der Waals surface area contributed by atoms with Crippen molar-refractivity contribution in [3.05, 3.63) is 36.4 Å². The average Bonchev–Trinajstić information content (AvgIpc) is 2.93. The first-order chi connectivity index (χ1) is 10.6. The Hall–Kier alpha value is -1.87. The van der Waals surface area contributed by atoms with Crippen molar-refractivity contribution in [2.75, 3.05) is 13.1 Å². The number of alkyl halides is 3. The normalized spacial score (nSPS) is 22.9.